The Balaban J connectivity index is 3.00. The lowest BCUT2D eigenvalue weighted by Gasteiger charge is -1.94. The van der Waals surface area contributed by atoms with Gasteiger partial charge >= 0.3 is 5.97 Å². The number of carbonyl (C=O) groups is 1. The maximum absolute atomic E-state index is 13.0. The van der Waals surface area contributed by atoms with Crippen molar-refractivity contribution >= 4 is 5.97 Å². The van der Waals surface area contributed by atoms with E-state index in [0.717, 1.165) is 0 Å². The third kappa shape index (κ3) is 2.56. The first-order valence-corrected chi connectivity index (χ1v) is 3.86. The Morgan fingerprint density at radius 1 is 1.57 bits per heavy atom. The van der Waals surface area contributed by atoms with Crippen molar-refractivity contribution in [3.63, 3.8) is 0 Å². The van der Waals surface area contributed by atoms with Crippen molar-refractivity contribution in [1.82, 2.24) is 4.98 Å². The fourth-order valence-electron chi connectivity index (χ4n) is 0.789. The second kappa shape index (κ2) is 4.38. The van der Waals surface area contributed by atoms with E-state index in [0.29, 0.717) is 5.69 Å². The van der Waals surface area contributed by atoms with Crippen molar-refractivity contribution in [2.75, 3.05) is 7.11 Å². The van der Waals surface area contributed by atoms with Gasteiger partial charge in [-0.3, -0.25) is 0 Å². The average molecular weight is 193 g/mol. The van der Waals surface area contributed by atoms with Gasteiger partial charge in [-0.15, -0.1) is 0 Å². The van der Waals surface area contributed by atoms with Gasteiger partial charge < -0.3 is 4.74 Å². The Bertz CT molecular complexity index is 418. The lowest BCUT2D eigenvalue weighted by Crippen LogP contribution is -1.96. The smallest absolute Gasteiger partial charge is 0.384 e. The van der Waals surface area contributed by atoms with Crippen LogP contribution in [-0.2, 0) is 9.53 Å². The Labute approximate surface area is 80.9 Å². The van der Waals surface area contributed by atoms with Crippen LogP contribution in [0.1, 0.15) is 11.4 Å². The minimum Gasteiger partial charge on any atom is -0.459 e. The van der Waals surface area contributed by atoms with E-state index in [1.165, 1.54) is 19.2 Å². The number of hydrogen-bond acceptors (Lipinski definition) is 3. The summed E-state index contributed by atoms with van der Waals surface area (Å²) in [5.41, 5.74) is 0.593. The van der Waals surface area contributed by atoms with Gasteiger partial charge in [-0.05, 0) is 25.0 Å². The minimum absolute atomic E-state index is 0.0459. The molecule has 0 saturated heterocycles. The molecule has 14 heavy (non-hydrogen) atoms. The van der Waals surface area contributed by atoms with Gasteiger partial charge in [0.1, 0.15) is 5.69 Å². The van der Waals surface area contributed by atoms with Crippen molar-refractivity contribution in [2.45, 2.75) is 6.92 Å². The highest BCUT2D eigenvalue weighted by Crippen LogP contribution is 2.03. The molecule has 72 valence electrons. The summed E-state index contributed by atoms with van der Waals surface area (Å²) in [7, 11) is 1.21. The van der Waals surface area contributed by atoms with Gasteiger partial charge in [0.2, 0.25) is 0 Å². The molecule has 1 aromatic rings. The summed E-state index contributed by atoms with van der Waals surface area (Å²) in [5.74, 6) is 3.13. The molecule has 0 saturated carbocycles. The molecule has 0 unspecified atom stereocenters. The Morgan fingerprint density at radius 3 is 2.93 bits per heavy atom. The number of halogens is 1. The van der Waals surface area contributed by atoms with Crippen molar-refractivity contribution in [3.8, 4) is 11.8 Å². The Hall–Kier alpha value is -1.89. The van der Waals surface area contributed by atoms with E-state index in [2.05, 4.69) is 21.6 Å². The molecule has 0 spiro atoms. The van der Waals surface area contributed by atoms with E-state index in [9.17, 15) is 9.18 Å². The largest absolute Gasteiger partial charge is 0.459 e. The zero-order valence-electron chi connectivity index (χ0n) is 7.80. The topological polar surface area (TPSA) is 39.2 Å². The number of pyridine rings is 1. The molecule has 0 fully saturated rings. The van der Waals surface area contributed by atoms with E-state index >= 15 is 0 Å². The fraction of sp³-hybridized carbons (Fsp3) is 0.200. The number of ether oxygens (including phenoxy) is 1. The molecule has 0 N–H and O–H groups in total. The van der Waals surface area contributed by atoms with Crippen LogP contribution < -0.4 is 0 Å². The Kier molecular flexibility index (Phi) is 3.19. The molecule has 0 bridgehead atoms. The molecule has 4 heteroatoms. The van der Waals surface area contributed by atoms with Crippen LogP contribution in [0.4, 0.5) is 4.39 Å². The number of hydrogen-bond donors (Lipinski definition) is 0. The third-order valence-electron chi connectivity index (χ3n) is 1.45. The molecule has 1 aromatic heterocycles. The molecule has 0 aromatic carbocycles. The summed E-state index contributed by atoms with van der Waals surface area (Å²) in [6.45, 7) is 1.71. The van der Waals surface area contributed by atoms with Crippen LogP contribution in [0, 0.1) is 24.6 Å². The lowest BCUT2D eigenvalue weighted by atomic mass is 10.3. The van der Waals surface area contributed by atoms with Crippen LogP contribution in [0.5, 0.6) is 0 Å². The van der Waals surface area contributed by atoms with Gasteiger partial charge in [0.25, 0.3) is 0 Å². The van der Waals surface area contributed by atoms with Crippen LogP contribution in [-0.4, -0.2) is 18.1 Å². The van der Waals surface area contributed by atoms with Crippen molar-refractivity contribution in [2.24, 2.45) is 0 Å². The molecule has 1 rings (SSSR count). The summed E-state index contributed by atoms with van der Waals surface area (Å²) >= 11 is 0. The number of nitrogens with zero attached hydrogens (tertiary/aromatic N) is 1. The quantitative estimate of drug-likeness (QED) is 0.456. The van der Waals surface area contributed by atoms with Crippen molar-refractivity contribution in [3.05, 3.63) is 29.3 Å². The number of esters is 1. The van der Waals surface area contributed by atoms with Crippen molar-refractivity contribution in [1.29, 1.82) is 0 Å². The average Bonchev–Trinajstić information content (AvgIpc) is 2.19. The van der Waals surface area contributed by atoms with Gasteiger partial charge in [0.05, 0.1) is 7.11 Å². The number of methoxy groups -OCH3 is 1. The molecular formula is C10H8FNO2. The monoisotopic (exact) mass is 193 g/mol. The van der Waals surface area contributed by atoms with Gasteiger partial charge in [-0.2, -0.15) is 0 Å². The van der Waals surface area contributed by atoms with E-state index < -0.39 is 11.8 Å². The van der Waals surface area contributed by atoms with Crippen LogP contribution in [0.3, 0.4) is 0 Å². The second-order valence-corrected chi connectivity index (χ2v) is 2.52. The van der Waals surface area contributed by atoms with Crippen LogP contribution in [0.15, 0.2) is 12.1 Å². The zero-order valence-corrected chi connectivity index (χ0v) is 7.80. The second-order valence-electron chi connectivity index (χ2n) is 2.52. The number of aryl methyl sites for hydroxylation is 1. The van der Waals surface area contributed by atoms with Gasteiger partial charge in [-0.25, -0.2) is 14.2 Å². The summed E-state index contributed by atoms with van der Waals surface area (Å²) in [5, 5.41) is 0. The van der Waals surface area contributed by atoms with Crippen LogP contribution in [0.2, 0.25) is 0 Å². The molecule has 0 aliphatic rings. The third-order valence-corrected chi connectivity index (χ3v) is 1.45. The first-order valence-electron chi connectivity index (χ1n) is 3.86. The number of aromatic nitrogens is 1. The van der Waals surface area contributed by atoms with Crippen LogP contribution >= 0.6 is 0 Å². The van der Waals surface area contributed by atoms with Crippen molar-refractivity contribution < 1.29 is 13.9 Å². The minimum atomic E-state index is -0.715. The highest BCUT2D eigenvalue weighted by Gasteiger charge is 2.00. The number of carbonyl (C=O) groups excluding carboxylic acids is 1. The number of rotatable bonds is 0. The van der Waals surface area contributed by atoms with Crippen LogP contribution in [0.25, 0.3) is 0 Å². The maximum atomic E-state index is 13.0. The van der Waals surface area contributed by atoms with Gasteiger partial charge in [0, 0.05) is 11.6 Å². The first-order chi connectivity index (χ1) is 6.63. The predicted octanol–water partition coefficient (Wildman–Crippen LogP) is 1.05. The Morgan fingerprint density at radius 2 is 2.29 bits per heavy atom. The normalized spacial score (nSPS) is 8.79. The molecule has 1 heterocycles. The predicted molar refractivity (Wildman–Crippen MR) is 47.8 cm³/mol. The molecule has 0 radical (unpaired) electrons. The van der Waals surface area contributed by atoms with E-state index in [-0.39, 0.29) is 5.69 Å². The first kappa shape index (κ1) is 10.2. The summed E-state index contributed by atoms with van der Waals surface area (Å²) in [6, 6.07) is 2.78. The lowest BCUT2D eigenvalue weighted by molar-refractivity contribution is -0.133. The molecular weight excluding hydrogens is 185 g/mol. The van der Waals surface area contributed by atoms with Gasteiger partial charge in [0.15, 0.2) is 5.82 Å². The maximum Gasteiger partial charge on any atom is 0.384 e. The highest BCUT2D eigenvalue weighted by atomic mass is 19.1. The van der Waals surface area contributed by atoms with E-state index in [1.54, 1.807) is 6.92 Å². The molecule has 0 aliphatic heterocycles. The van der Waals surface area contributed by atoms with E-state index in [4.69, 9.17) is 0 Å². The molecule has 0 aliphatic carbocycles. The zero-order chi connectivity index (χ0) is 10.6. The molecule has 0 atom stereocenters. The summed E-state index contributed by atoms with van der Waals surface area (Å²) < 4.78 is 17.3. The highest BCUT2D eigenvalue weighted by molar-refractivity contribution is 5.88. The standard InChI is InChI=1S/C10H8FNO2/c1-7-3-4-8(11)9(12-7)5-6-10(13)14-2/h3-4H,1-2H3. The SMILES string of the molecule is COC(=O)C#Cc1nc(C)ccc1F. The summed E-state index contributed by atoms with van der Waals surface area (Å²) in [4.78, 5) is 14.5. The van der Waals surface area contributed by atoms with E-state index in [1.807, 2.05) is 0 Å². The molecule has 0 amide bonds. The van der Waals surface area contributed by atoms with Gasteiger partial charge in [-0.1, -0.05) is 0 Å². The molecule has 3 nitrogen and oxygen atoms in total. The fourth-order valence-corrected chi connectivity index (χ4v) is 0.789. The summed E-state index contributed by atoms with van der Waals surface area (Å²) in [6.07, 6.45) is 0.